The summed E-state index contributed by atoms with van der Waals surface area (Å²) in [6, 6.07) is 20.7. The molecule has 0 atom stereocenters. The summed E-state index contributed by atoms with van der Waals surface area (Å²) < 4.78 is 5.47. The van der Waals surface area contributed by atoms with Crippen molar-refractivity contribution in [2.24, 2.45) is 0 Å². The van der Waals surface area contributed by atoms with Crippen molar-refractivity contribution in [3.63, 3.8) is 0 Å². The highest BCUT2D eigenvalue weighted by molar-refractivity contribution is 6.00. The number of aromatic nitrogens is 1. The lowest BCUT2D eigenvalue weighted by atomic mass is 9.91. The van der Waals surface area contributed by atoms with Gasteiger partial charge >= 0.3 is 0 Å². The molecule has 1 amide bonds. The van der Waals surface area contributed by atoms with E-state index in [0.717, 1.165) is 60.9 Å². The lowest BCUT2D eigenvalue weighted by molar-refractivity contribution is 0.0303. The van der Waals surface area contributed by atoms with Crippen LogP contribution in [0.5, 0.6) is 5.75 Å². The fourth-order valence-corrected chi connectivity index (χ4v) is 5.90. The van der Waals surface area contributed by atoms with Crippen LogP contribution in [0, 0.1) is 0 Å². The molecule has 3 N–H and O–H groups in total. The van der Waals surface area contributed by atoms with E-state index in [2.05, 4.69) is 68.3 Å². The molecule has 1 fully saturated rings. The van der Waals surface area contributed by atoms with Crippen LogP contribution in [0.3, 0.4) is 0 Å². The van der Waals surface area contributed by atoms with Crippen molar-refractivity contribution < 1.29 is 14.6 Å². The number of aromatic hydroxyl groups is 1. The molecule has 0 radical (unpaired) electrons. The second kappa shape index (κ2) is 14.2. The maximum Gasteiger partial charge on any atom is 0.254 e. The second-order valence-electron chi connectivity index (χ2n) is 12.5. The first kappa shape index (κ1) is 30.8. The van der Waals surface area contributed by atoms with Crippen molar-refractivity contribution in [2.75, 3.05) is 39.4 Å². The third kappa shape index (κ3) is 7.67. The molecule has 6 nitrogen and oxygen atoms in total. The summed E-state index contributed by atoms with van der Waals surface area (Å²) >= 11 is 0. The Labute approximate surface area is 256 Å². The number of nitrogens with zero attached hydrogens (tertiary/aromatic N) is 1. The number of aromatic amines is 1. The molecule has 0 spiro atoms. The molecule has 5 rings (SSSR count). The number of carbonyl (C=O) groups is 1. The van der Waals surface area contributed by atoms with E-state index in [1.807, 2.05) is 23.1 Å². The number of aryl methyl sites for hydroxylation is 1. The fourth-order valence-electron chi connectivity index (χ4n) is 5.90. The van der Waals surface area contributed by atoms with Crippen molar-refractivity contribution >= 4 is 16.8 Å². The van der Waals surface area contributed by atoms with E-state index in [1.54, 1.807) is 12.1 Å². The van der Waals surface area contributed by atoms with Crippen LogP contribution in [0.2, 0.25) is 0 Å². The second-order valence-corrected chi connectivity index (χ2v) is 12.5. The molecule has 228 valence electrons. The molecule has 1 aromatic heterocycles. The molecule has 6 heteroatoms. The highest BCUT2D eigenvalue weighted by atomic mass is 16.5. The number of phenolic OH excluding ortho intramolecular Hbond substituents is 1. The van der Waals surface area contributed by atoms with E-state index in [9.17, 15) is 9.90 Å². The Bertz CT molecular complexity index is 1490. The van der Waals surface area contributed by atoms with Crippen LogP contribution >= 0.6 is 0 Å². The lowest BCUT2D eigenvalue weighted by Crippen LogP contribution is -2.40. The Hall–Kier alpha value is -3.61. The van der Waals surface area contributed by atoms with Crippen LogP contribution in [0.15, 0.2) is 60.7 Å². The summed E-state index contributed by atoms with van der Waals surface area (Å²) in [6.45, 7) is 13.3. The number of nitrogens with one attached hydrogen (secondary N) is 2. The van der Waals surface area contributed by atoms with Crippen LogP contribution in [0.1, 0.15) is 85.0 Å². The van der Waals surface area contributed by atoms with E-state index >= 15 is 0 Å². The quantitative estimate of drug-likeness (QED) is 0.152. The highest BCUT2D eigenvalue weighted by Crippen LogP contribution is 2.35. The van der Waals surface area contributed by atoms with Gasteiger partial charge in [0.15, 0.2) is 0 Å². The van der Waals surface area contributed by atoms with Crippen LogP contribution in [0.25, 0.3) is 22.2 Å². The van der Waals surface area contributed by atoms with Crippen molar-refractivity contribution in [3.8, 4) is 17.0 Å². The third-order valence-electron chi connectivity index (χ3n) is 8.61. The van der Waals surface area contributed by atoms with Gasteiger partial charge in [-0.3, -0.25) is 4.79 Å². The van der Waals surface area contributed by atoms with Gasteiger partial charge in [-0.05, 0) is 121 Å². The number of rotatable bonds is 12. The zero-order valence-corrected chi connectivity index (χ0v) is 26.2. The van der Waals surface area contributed by atoms with Gasteiger partial charge in [-0.25, -0.2) is 0 Å². The summed E-state index contributed by atoms with van der Waals surface area (Å²) in [5, 5.41) is 14.3. The number of benzene rings is 3. The van der Waals surface area contributed by atoms with E-state index < -0.39 is 0 Å². The predicted molar refractivity (Wildman–Crippen MR) is 176 cm³/mol. The molecule has 0 aliphatic carbocycles. The number of ether oxygens (including phenoxy) is 1. The zero-order valence-electron chi connectivity index (χ0n) is 26.2. The van der Waals surface area contributed by atoms with Gasteiger partial charge in [-0.2, -0.15) is 0 Å². The Morgan fingerprint density at radius 1 is 0.884 bits per heavy atom. The fraction of sp³-hybridized carbons (Fsp3) is 0.432. The van der Waals surface area contributed by atoms with Gasteiger partial charge in [0, 0.05) is 35.2 Å². The first-order chi connectivity index (χ1) is 20.8. The van der Waals surface area contributed by atoms with Gasteiger partial charge in [-0.1, -0.05) is 45.9 Å². The van der Waals surface area contributed by atoms with Crippen LogP contribution < -0.4 is 5.32 Å². The maximum absolute atomic E-state index is 13.4. The number of carbonyl (C=O) groups excluding carboxylic acids is 1. The van der Waals surface area contributed by atoms with E-state index in [-0.39, 0.29) is 5.91 Å². The third-order valence-corrected chi connectivity index (χ3v) is 8.61. The summed E-state index contributed by atoms with van der Waals surface area (Å²) in [5.74, 6) is 1.27. The number of H-pyrrole nitrogens is 1. The monoisotopic (exact) mass is 581 g/mol. The van der Waals surface area contributed by atoms with Crippen LogP contribution in [-0.4, -0.2) is 60.3 Å². The minimum absolute atomic E-state index is 0.0783. The van der Waals surface area contributed by atoms with Crippen LogP contribution in [-0.2, 0) is 17.6 Å². The van der Waals surface area contributed by atoms with Gasteiger partial charge in [-0.15, -0.1) is 0 Å². The molecule has 1 aliphatic heterocycles. The largest absolute Gasteiger partial charge is 0.508 e. The number of phenols is 1. The number of hydrogen-bond acceptors (Lipinski definition) is 4. The van der Waals surface area contributed by atoms with Crippen molar-refractivity contribution in [3.05, 3.63) is 88.5 Å². The summed E-state index contributed by atoms with van der Waals surface area (Å²) in [6.07, 6.45) is 4.07. The van der Waals surface area contributed by atoms with Gasteiger partial charge in [0.05, 0.1) is 13.2 Å². The van der Waals surface area contributed by atoms with Gasteiger partial charge in [0.1, 0.15) is 5.75 Å². The molecular weight excluding hydrogens is 534 g/mol. The molecule has 0 unspecified atom stereocenters. The molecular formula is C37H47N3O3. The number of amides is 1. The summed E-state index contributed by atoms with van der Waals surface area (Å²) in [4.78, 5) is 19.0. The van der Waals surface area contributed by atoms with Crippen LogP contribution in [0.4, 0.5) is 0 Å². The predicted octanol–water partition coefficient (Wildman–Crippen LogP) is 7.41. The molecule has 3 aromatic carbocycles. The Morgan fingerprint density at radius 3 is 2.26 bits per heavy atom. The lowest BCUT2D eigenvalue weighted by Gasteiger charge is -2.26. The molecule has 4 aromatic rings. The highest BCUT2D eigenvalue weighted by Gasteiger charge is 2.21. The summed E-state index contributed by atoms with van der Waals surface area (Å²) in [7, 11) is 0. The average molecular weight is 582 g/mol. The standard InChI is InChI=1S/C37H47N3O3/c1-25(2)29-21-30(26(3)4)23-31(22-29)36-33(14-16-38-15-6-5-7-27-8-11-32(41)12-9-27)34-24-28(10-13-35(34)39-36)37(42)40-17-19-43-20-18-40/h8-13,21-26,38-39,41H,5-7,14-20H2,1-4H3. The molecule has 1 saturated heterocycles. The molecule has 0 saturated carbocycles. The van der Waals surface area contributed by atoms with Gasteiger partial charge in [0.2, 0.25) is 0 Å². The molecule has 2 heterocycles. The first-order valence-corrected chi connectivity index (χ1v) is 16.0. The Balaban J connectivity index is 1.37. The smallest absolute Gasteiger partial charge is 0.254 e. The molecule has 0 bridgehead atoms. The van der Waals surface area contributed by atoms with E-state index in [4.69, 9.17) is 4.74 Å². The summed E-state index contributed by atoms with van der Waals surface area (Å²) in [5.41, 5.74) is 9.40. The number of fused-ring (bicyclic) bond motifs is 1. The number of unbranched alkanes of at least 4 members (excludes halogenated alkanes) is 1. The SMILES string of the molecule is CC(C)c1cc(-c2[nH]c3ccc(C(=O)N4CCOCC4)cc3c2CCNCCCCc2ccc(O)cc2)cc(C(C)C)c1. The topological polar surface area (TPSA) is 77.6 Å². The van der Waals surface area contributed by atoms with Crippen molar-refractivity contribution in [1.29, 1.82) is 0 Å². The number of morpholine rings is 1. The Kier molecular flexibility index (Phi) is 10.2. The minimum Gasteiger partial charge on any atom is -0.508 e. The normalized spacial score (nSPS) is 13.9. The average Bonchev–Trinajstić information content (AvgIpc) is 3.39. The Morgan fingerprint density at radius 2 is 1.58 bits per heavy atom. The van der Waals surface area contributed by atoms with E-state index in [1.165, 1.54) is 27.8 Å². The van der Waals surface area contributed by atoms with E-state index in [0.29, 0.717) is 43.9 Å². The first-order valence-electron chi connectivity index (χ1n) is 16.0. The van der Waals surface area contributed by atoms with Gasteiger partial charge in [0.25, 0.3) is 5.91 Å². The van der Waals surface area contributed by atoms with Crippen molar-refractivity contribution in [2.45, 2.75) is 65.2 Å². The van der Waals surface area contributed by atoms with Crippen molar-refractivity contribution in [1.82, 2.24) is 15.2 Å². The molecule has 43 heavy (non-hydrogen) atoms. The maximum atomic E-state index is 13.4. The number of hydrogen-bond donors (Lipinski definition) is 3. The minimum atomic E-state index is 0.0783. The zero-order chi connectivity index (χ0) is 30.3. The molecule has 1 aliphatic rings. The van der Waals surface area contributed by atoms with Gasteiger partial charge < -0.3 is 25.0 Å².